The van der Waals surface area contributed by atoms with Gasteiger partial charge >= 0.3 is 0 Å². The van der Waals surface area contributed by atoms with Gasteiger partial charge in [0.05, 0.1) is 4.90 Å². The number of primary sulfonamides is 1. The Labute approximate surface area is 160 Å². The molecule has 27 heavy (non-hydrogen) atoms. The standard InChI is InChI=1S/C17H17N5O3S2/c1-22-11-19-21-17(22)26-15(12-5-3-2-4-6-12)16(23)20-13-7-9-14(10-8-13)27(18,24)25/h2-11,15H,1H3,(H,20,23)(H2,18,24,25). The Hall–Kier alpha value is -2.69. The molecule has 0 spiro atoms. The fraction of sp³-hybridized carbons (Fsp3) is 0.118. The lowest BCUT2D eigenvalue weighted by Gasteiger charge is -2.16. The summed E-state index contributed by atoms with van der Waals surface area (Å²) in [5, 5.41) is 15.8. The van der Waals surface area contributed by atoms with Crippen molar-refractivity contribution in [2.24, 2.45) is 12.2 Å². The minimum absolute atomic E-state index is 0.0198. The van der Waals surface area contributed by atoms with Crippen LogP contribution in [-0.2, 0) is 21.9 Å². The first-order valence-corrected chi connectivity index (χ1v) is 10.3. The molecule has 0 bridgehead atoms. The Morgan fingerprint density at radius 3 is 2.37 bits per heavy atom. The van der Waals surface area contributed by atoms with E-state index < -0.39 is 15.3 Å². The van der Waals surface area contributed by atoms with E-state index in [0.29, 0.717) is 10.8 Å². The van der Waals surface area contributed by atoms with Crippen molar-refractivity contribution in [2.75, 3.05) is 5.32 Å². The summed E-state index contributed by atoms with van der Waals surface area (Å²) in [6, 6.07) is 15.0. The second-order valence-corrected chi connectivity index (χ2v) is 8.33. The number of carbonyl (C=O) groups excluding carboxylic acids is 1. The number of aromatic nitrogens is 3. The lowest BCUT2D eigenvalue weighted by Crippen LogP contribution is -2.19. The number of carbonyl (C=O) groups is 1. The third-order valence-electron chi connectivity index (χ3n) is 3.68. The summed E-state index contributed by atoms with van der Waals surface area (Å²) in [4.78, 5) is 12.9. The van der Waals surface area contributed by atoms with E-state index in [-0.39, 0.29) is 10.8 Å². The molecule has 8 nitrogen and oxygen atoms in total. The Morgan fingerprint density at radius 1 is 1.15 bits per heavy atom. The molecule has 0 aliphatic carbocycles. The molecule has 0 aliphatic heterocycles. The van der Waals surface area contributed by atoms with Crippen LogP contribution in [0, 0.1) is 0 Å². The second-order valence-electron chi connectivity index (χ2n) is 5.69. The molecule has 140 valence electrons. The van der Waals surface area contributed by atoms with Gasteiger partial charge in [0, 0.05) is 12.7 Å². The third kappa shape index (κ3) is 4.73. The fourth-order valence-electron chi connectivity index (χ4n) is 2.32. The van der Waals surface area contributed by atoms with E-state index in [1.165, 1.54) is 36.0 Å². The topological polar surface area (TPSA) is 120 Å². The number of nitrogens with one attached hydrogen (secondary N) is 1. The van der Waals surface area contributed by atoms with Crippen LogP contribution in [0.5, 0.6) is 0 Å². The Bertz CT molecular complexity index is 1030. The van der Waals surface area contributed by atoms with Crippen LogP contribution in [0.25, 0.3) is 0 Å². The number of hydrogen-bond donors (Lipinski definition) is 2. The van der Waals surface area contributed by atoms with E-state index in [9.17, 15) is 13.2 Å². The van der Waals surface area contributed by atoms with Gasteiger partial charge < -0.3 is 9.88 Å². The highest BCUT2D eigenvalue weighted by Crippen LogP contribution is 2.34. The molecule has 0 radical (unpaired) electrons. The monoisotopic (exact) mass is 403 g/mol. The van der Waals surface area contributed by atoms with Gasteiger partial charge in [-0.15, -0.1) is 10.2 Å². The molecular formula is C17H17N5O3S2. The van der Waals surface area contributed by atoms with Crippen LogP contribution in [0.1, 0.15) is 10.8 Å². The molecule has 3 aromatic rings. The molecule has 1 amide bonds. The highest BCUT2D eigenvalue weighted by molar-refractivity contribution is 8.00. The third-order valence-corrected chi connectivity index (χ3v) is 5.92. The number of nitrogens with zero attached hydrogens (tertiary/aromatic N) is 3. The maximum Gasteiger partial charge on any atom is 0.242 e. The number of amides is 1. The summed E-state index contributed by atoms with van der Waals surface area (Å²) >= 11 is 1.27. The largest absolute Gasteiger partial charge is 0.325 e. The van der Waals surface area contributed by atoms with Crippen molar-refractivity contribution in [3.63, 3.8) is 0 Å². The van der Waals surface area contributed by atoms with E-state index in [2.05, 4.69) is 15.5 Å². The lowest BCUT2D eigenvalue weighted by atomic mass is 10.1. The number of rotatable bonds is 6. The minimum atomic E-state index is -3.78. The molecule has 1 heterocycles. The van der Waals surface area contributed by atoms with Crippen molar-refractivity contribution in [3.8, 4) is 0 Å². The van der Waals surface area contributed by atoms with E-state index in [1.807, 2.05) is 30.3 Å². The highest BCUT2D eigenvalue weighted by Gasteiger charge is 2.24. The number of aryl methyl sites for hydroxylation is 1. The number of nitrogens with two attached hydrogens (primary N) is 1. The Balaban J connectivity index is 1.84. The van der Waals surface area contributed by atoms with Crippen LogP contribution in [0.3, 0.4) is 0 Å². The van der Waals surface area contributed by atoms with Gasteiger partial charge in [-0.2, -0.15) is 0 Å². The predicted molar refractivity (Wildman–Crippen MR) is 102 cm³/mol. The van der Waals surface area contributed by atoms with Crippen molar-refractivity contribution >= 4 is 33.4 Å². The number of thioether (sulfide) groups is 1. The number of sulfonamides is 1. The molecule has 3 rings (SSSR count). The molecule has 1 atom stereocenters. The van der Waals surface area contributed by atoms with E-state index in [1.54, 1.807) is 17.9 Å². The zero-order valence-electron chi connectivity index (χ0n) is 14.3. The molecule has 0 saturated heterocycles. The molecule has 0 fully saturated rings. The first-order valence-electron chi connectivity index (χ1n) is 7.84. The SMILES string of the molecule is Cn1cnnc1SC(C(=O)Nc1ccc(S(N)(=O)=O)cc1)c1ccccc1. The summed E-state index contributed by atoms with van der Waals surface area (Å²) < 4.78 is 24.4. The van der Waals surface area contributed by atoms with Gasteiger partial charge in [-0.1, -0.05) is 42.1 Å². The minimum Gasteiger partial charge on any atom is -0.325 e. The van der Waals surface area contributed by atoms with Gasteiger partial charge in [0.2, 0.25) is 15.9 Å². The summed E-state index contributed by atoms with van der Waals surface area (Å²) in [6.45, 7) is 0. The van der Waals surface area contributed by atoms with Crippen molar-refractivity contribution in [3.05, 3.63) is 66.5 Å². The lowest BCUT2D eigenvalue weighted by molar-refractivity contribution is -0.115. The van der Waals surface area contributed by atoms with Crippen molar-refractivity contribution < 1.29 is 13.2 Å². The van der Waals surface area contributed by atoms with E-state index in [4.69, 9.17) is 5.14 Å². The average Bonchev–Trinajstić information content (AvgIpc) is 3.04. The first kappa shape index (κ1) is 19.1. The highest BCUT2D eigenvalue weighted by atomic mass is 32.2. The second kappa shape index (κ2) is 7.91. The number of hydrogen-bond acceptors (Lipinski definition) is 6. The normalized spacial score (nSPS) is 12.5. The first-order chi connectivity index (χ1) is 12.8. The zero-order chi connectivity index (χ0) is 19.4. The van der Waals surface area contributed by atoms with E-state index >= 15 is 0 Å². The maximum atomic E-state index is 12.9. The van der Waals surface area contributed by atoms with Crippen LogP contribution >= 0.6 is 11.8 Å². The van der Waals surface area contributed by atoms with Gasteiger partial charge in [0.25, 0.3) is 0 Å². The summed E-state index contributed by atoms with van der Waals surface area (Å²) in [5.74, 6) is -0.266. The average molecular weight is 403 g/mol. The maximum absolute atomic E-state index is 12.9. The van der Waals surface area contributed by atoms with Crippen LogP contribution in [0.2, 0.25) is 0 Å². The van der Waals surface area contributed by atoms with Crippen molar-refractivity contribution in [2.45, 2.75) is 15.3 Å². The predicted octanol–water partition coefficient (Wildman–Crippen LogP) is 1.93. The Morgan fingerprint density at radius 2 is 1.81 bits per heavy atom. The Kier molecular flexibility index (Phi) is 5.59. The quantitative estimate of drug-likeness (QED) is 0.607. The molecule has 0 saturated carbocycles. The molecule has 3 N–H and O–H groups in total. The van der Waals surface area contributed by atoms with Crippen molar-refractivity contribution in [1.29, 1.82) is 0 Å². The molecule has 2 aromatic carbocycles. The van der Waals surface area contributed by atoms with Crippen LogP contribution in [0.15, 0.2) is 71.0 Å². The van der Waals surface area contributed by atoms with Crippen LogP contribution < -0.4 is 10.5 Å². The smallest absolute Gasteiger partial charge is 0.242 e. The number of anilines is 1. The van der Waals surface area contributed by atoms with Gasteiger partial charge in [-0.05, 0) is 29.8 Å². The summed E-state index contributed by atoms with van der Waals surface area (Å²) in [6.07, 6.45) is 1.56. The van der Waals surface area contributed by atoms with E-state index in [0.717, 1.165) is 5.56 Å². The van der Waals surface area contributed by atoms with Gasteiger partial charge in [-0.25, -0.2) is 13.6 Å². The van der Waals surface area contributed by atoms with Gasteiger partial charge in [-0.3, -0.25) is 4.79 Å². The fourth-order valence-corrected chi connectivity index (χ4v) is 3.81. The van der Waals surface area contributed by atoms with Crippen LogP contribution in [-0.4, -0.2) is 29.1 Å². The number of benzene rings is 2. The molecular weight excluding hydrogens is 386 g/mol. The van der Waals surface area contributed by atoms with Crippen molar-refractivity contribution in [1.82, 2.24) is 14.8 Å². The summed E-state index contributed by atoms with van der Waals surface area (Å²) in [5.41, 5.74) is 1.27. The van der Waals surface area contributed by atoms with Gasteiger partial charge in [0.1, 0.15) is 11.6 Å². The molecule has 0 aliphatic rings. The molecule has 1 unspecified atom stereocenters. The molecule has 1 aromatic heterocycles. The zero-order valence-corrected chi connectivity index (χ0v) is 15.9. The van der Waals surface area contributed by atoms with Crippen LogP contribution in [0.4, 0.5) is 5.69 Å². The summed E-state index contributed by atoms with van der Waals surface area (Å²) in [7, 11) is -1.98. The molecule has 10 heteroatoms. The van der Waals surface area contributed by atoms with Gasteiger partial charge in [0.15, 0.2) is 5.16 Å².